The Hall–Kier alpha value is -0.120. The molecule has 1 heterocycles. The average molecular weight is 129 g/mol. The highest BCUT2D eigenvalue weighted by molar-refractivity contribution is 4.72. The quantitative estimate of drug-likeness (QED) is 0.548. The first-order valence-electron chi connectivity index (χ1n) is 3.45. The normalized spacial score (nSPS) is 30.7. The van der Waals surface area contributed by atoms with Crippen molar-refractivity contribution in [2.75, 3.05) is 19.6 Å². The van der Waals surface area contributed by atoms with Crippen LogP contribution < -0.4 is 5.73 Å². The van der Waals surface area contributed by atoms with Crippen molar-refractivity contribution in [3.63, 3.8) is 0 Å². The minimum absolute atomic E-state index is 0.455. The summed E-state index contributed by atoms with van der Waals surface area (Å²) in [6.45, 7) is 2.02. The van der Waals surface area contributed by atoms with E-state index >= 15 is 0 Å². The third kappa shape index (κ3) is 1.93. The average Bonchev–Trinajstić information content (AvgIpc) is 1.88. The van der Waals surface area contributed by atoms with Gasteiger partial charge in [0.25, 0.3) is 0 Å². The van der Waals surface area contributed by atoms with Crippen molar-refractivity contribution in [3.05, 3.63) is 5.21 Å². The van der Waals surface area contributed by atoms with Crippen LogP contribution in [0.4, 0.5) is 0 Å². The molecule has 0 aromatic heterocycles. The molecule has 0 aromatic rings. The molecule has 0 spiro atoms. The molecule has 0 saturated carbocycles. The summed E-state index contributed by atoms with van der Waals surface area (Å²) < 4.78 is 0. The summed E-state index contributed by atoms with van der Waals surface area (Å²) in [7, 11) is 0. The van der Waals surface area contributed by atoms with Crippen LogP contribution in [0.15, 0.2) is 0 Å². The van der Waals surface area contributed by atoms with Crippen LogP contribution in [-0.4, -0.2) is 24.7 Å². The first-order valence-corrected chi connectivity index (χ1v) is 3.45. The number of rotatable bonds is 1. The zero-order valence-electron chi connectivity index (χ0n) is 5.55. The molecule has 1 atom stereocenters. The van der Waals surface area contributed by atoms with Crippen molar-refractivity contribution in [2.24, 2.45) is 11.7 Å². The Morgan fingerprint density at radius 2 is 2.44 bits per heavy atom. The summed E-state index contributed by atoms with van der Waals surface area (Å²) in [6.07, 6.45) is 2.15. The number of hydrogen-bond acceptors (Lipinski definition) is 3. The molecule has 1 aliphatic rings. The second-order valence-electron chi connectivity index (χ2n) is 2.63. The Morgan fingerprint density at radius 3 is 2.89 bits per heavy atom. The molecule has 2 N–H and O–H groups in total. The van der Waals surface area contributed by atoms with Crippen molar-refractivity contribution >= 4 is 0 Å². The summed E-state index contributed by atoms with van der Waals surface area (Å²) in [5, 5.41) is 11.8. The topological polar surface area (TPSA) is 52.3 Å². The fourth-order valence-corrected chi connectivity index (χ4v) is 1.22. The molecule has 0 amide bonds. The molecule has 1 fully saturated rings. The lowest BCUT2D eigenvalue weighted by atomic mass is 10.00. The summed E-state index contributed by atoms with van der Waals surface area (Å²) in [4.78, 5) is 0. The number of piperidine rings is 1. The third-order valence-electron chi connectivity index (χ3n) is 1.82. The highest BCUT2D eigenvalue weighted by Crippen LogP contribution is 2.13. The fourth-order valence-electron chi connectivity index (χ4n) is 1.22. The largest absolute Gasteiger partial charge is 0.785 e. The van der Waals surface area contributed by atoms with Crippen LogP contribution in [-0.2, 0) is 0 Å². The zero-order chi connectivity index (χ0) is 6.69. The standard InChI is InChI=1S/C6H13N2O/c7-4-6-2-1-3-8(9)5-6/h6H,1-5,7H2/q-1. The van der Waals surface area contributed by atoms with Gasteiger partial charge in [0.1, 0.15) is 0 Å². The second kappa shape index (κ2) is 3.15. The highest BCUT2D eigenvalue weighted by atomic mass is 16.5. The summed E-state index contributed by atoms with van der Waals surface area (Å²) in [5.74, 6) is 0.455. The molecule has 0 bridgehead atoms. The van der Waals surface area contributed by atoms with Gasteiger partial charge < -0.3 is 16.0 Å². The molecule has 9 heavy (non-hydrogen) atoms. The van der Waals surface area contributed by atoms with Crippen LogP contribution in [0.25, 0.3) is 0 Å². The Kier molecular flexibility index (Phi) is 2.45. The number of hydroxylamine groups is 2. The van der Waals surface area contributed by atoms with E-state index in [9.17, 15) is 5.21 Å². The van der Waals surface area contributed by atoms with E-state index in [0.29, 0.717) is 25.6 Å². The lowest BCUT2D eigenvalue weighted by Gasteiger charge is -2.36. The third-order valence-corrected chi connectivity index (χ3v) is 1.82. The molecular weight excluding hydrogens is 116 g/mol. The van der Waals surface area contributed by atoms with Crippen molar-refractivity contribution in [2.45, 2.75) is 12.8 Å². The Balaban J connectivity index is 2.23. The van der Waals surface area contributed by atoms with E-state index in [1.165, 1.54) is 0 Å². The maximum atomic E-state index is 10.7. The number of nitrogens with zero attached hydrogens (tertiary/aromatic N) is 1. The summed E-state index contributed by atoms with van der Waals surface area (Å²) >= 11 is 0. The molecular formula is C6H13N2O-. The van der Waals surface area contributed by atoms with Gasteiger partial charge in [0.05, 0.1) is 0 Å². The molecule has 1 aliphatic heterocycles. The van der Waals surface area contributed by atoms with Gasteiger partial charge in [0, 0.05) is 0 Å². The van der Waals surface area contributed by atoms with Crippen LogP contribution in [0.3, 0.4) is 0 Å². The maximum Gasteiger partial charge on any atom is -0.00370 e. The van der Waals surface area contributed by atoms with E-state index in [0.717, 1.165) is 17.9 Å². The van der Waals surface area contributed by atoms with Crippen LogP contribution in [0, 0.1) is 11.1 Å². The molecule has 3 heteroatoms. The Bertz CT molecular complexity index is 87.1. The fraction of sp³-hybridized carbons (Fsp3) is 1.00. The van der Waals surface area contributed by atoms with E-state index in [4.69, 9.17) is 5.73 Å². The molecule has 1 rings (SSSR count). The van der Waals surface area contributed by atoms with Crippen molar-refractivity contribution in [3.8, 4) is 0 Å². The molecule has 0 radical (unpaired) electrons. The highest BCUT2D eigenvalue weighted by Gasteiger charge is 2.11. The van der Waals surface area contributed by atoms with Gasteiger partial charge in [-0.3, -0.25) is 0 Å². The minimum atomic E-state index is 0.455. The number of nitrogens with two attached hydrogens (primary N) is 1. The predicted octanol–water partition coefficient (Wildman–Crippen LogP) is 0.155. The van der Waals surface area contributed by atoms with Crippen molar-refractivity contribution in [1.82, 2.24) is 5.06 Å². The SMILES string of the molecule is NCC1CCCN([O-])C1. The molecule has 0 aromatic carbocycles. The minimum Gasteiger partial charge on any atom is -0.785 e. The van der Waals surface area contributed by atoms with Gasteiger partial charge in [0.15, 0.2) is 0 Å². The van der Waals surface area contributed by atoms with E-state index < -0.39 is 0 Å². The van der Waals surface area contributed by atoms with Gasteiger partial charge in [-0.2, -0.15) is 0 Å². The monoisotopic (exact) mass is 129 g/mol. The summed E-state index contributed by atoms with van der Waals surface area (Å²) in [5.41, 5.74) is 5.40. The molecule has 1 saturated heterocycles. The van der Waals surface area contributed by atoms with E-state index in [2.05, 4.69) is 0 Å². The van der Waals surface area contributed by atoms with Crippen LogP contribution >= 0.6 is 0 Å². The van der Waals surface area contributed by atoms with Gasteiger partial charge >= 0.3 is 0 Å². The van der Waals surface area contributed by atoms with Gasteiger partial charge in [-0.1, -0.05) is 0 Å². The van der Waals surface area contributed by atoms with Crippen LogP contribution in [0.2, 0.25) is 0 Å². The van der Waals surface area contributed by atoms with Gasteiger partial charge in [-0.15, -0.1) is 0 Å². The van der Waals surface area contributed by atoms with Crippen molar-refractivity contribution < 1.29 is 0 Å². The molecule has 1 unspecified atom stereocenters. The lowest BCUT2D eigenvalue weighted by molar-refractivity contribution is 0.239. The second-order valence-corrected chi connectivity index (χ2v) is 2.63. The van der Waals surface area contributed by atoms with E-state index in [1.807, 2.05) is 0 Å². The van der Waals surface area contributed by atoms with Crippen LogP contribution in [0.1, 0.15) is 12.8 Å². The maximum absolute atomic E-state index is 10.7. The van der Waals surface area contributed by atoms with Crippen molar-refractivity contribution in [1.29, 1.82) is 0 Å². The molecule has 54 valence electrons. The lowest BCUT2D eigenvalue weighted by Crippen LogP contribution is -2.34. The zero-order valence-corrected chi connectivity index (χ0v) is 5.55. The first-order chi connectivity index (χ1) is 4.33. The smallest absolute Gasteiger partial charge is 0.00370 e. The molecule has 3 nitrogen and oxygen atoms in total. The molecule has 0 aliphatic carbocycles. The van der Waals surface area contributed by atoms with E-state index in [-0.39, 0.29) is 0 Å². The van der Waals surface area contributed by atoms with Gasteiger partial charge in [-0.25, -0.2) is 0 Å². The van der Waals surface area contributed by atoms with E-state index in [1.54, 1.807) is 0 Å². The first kappa shape index (κ1) is 6.99. The number of hydrogen-bond donors (Lipinski definition) is 1. The predicted molar refractivity (Wildman–Crippen MR) is 36.7 cm³/mol. The van der Waals surface area contributed by atoms with Gasteiger partial charge in [-0.05, 0) is 38.4 Å². The van der Waals surface area contributed by atoms with Gasteiger partial charge in [0.2, 0.25) is 0 Å². The Labute approximate surface area is 55.4 Å². The van der Waals surface area contributed by atoms with Crippen LogP contribution in [0.5, 0.6) is 0 Å². The summed E-state index contributed by atoms with van der Waals surface area (Å²) in [6, 6.07) is 0. The Morgan fingerprint density at radius 1 is 1.67 bits per heavy atom.